The lowest BCUT2D eigenvalue weighted by molar-refractivity contribution is -0.153. The van der Waals surface area contributed by atoms with Crippen LogP contribution in [0.3, 0.4) is 0 Å². The van der Waals surface area contributed by atoms with E-state index in [1.54, 1.807) is 0 Å². The molecule has 3 aliphatic carbocycles. The van der Waals surface area contributed by atoms with Crippen molar-refractivity contribution in [3.05, 3.63) is 40.2 Å². The number of nitrogens with two attached hydrogens (primary N) is 1. The molecule has 0 saturated heterocycles. The second-order valence-electron chi connectivity index (χ2n) is 8.42. The molecule has 1 amide bonds. The van der Waals surface area contributed by atoms with Crippen LogP contribution in [0.25, 0.3) is 5.76 Å². The maximum atomic E-state index is 13.5. The number of carbonyl (C=O) groups excluding carboxylic acids is 3. The molecule has 0 spiro atoms. The maximum absolute atomic E-state index is 13.5. The number of ketones is 2. The first-order valence-electron chi connectivity index (χ1n) is 9.61. The molecule has 0 unspecified atom stereocenters. The van der Waals surface area contributed by atoms with E-state index in [1.807, 2.05) is 0 Å². The molecule has 31 heavy (non-hydrogen) atoms. The highest BCUT2D eigenvalue weighted by atomic mass is 16.3. The van der Waals surface area contributed by atoms with E-state index >= 15 is 0 Å². The molecule has 3 aliphatic rings. The van der Waals surface area contributed by atoms with Crippen molar-refractivity contribution in [1.29, 1.82) is 0 Å². The van der Waals surface area contributed by atoms with Gasteiger partial charge in [-0.3, -0.25) is 19.3 Å². The third-order valence-electron chi connectivity index (χ3n) is 6.58. The molecule has 0 aromatic heterocycles. The molecule has 1 aromatic rings. The van der Waals surface area contributed by atoms with Crippen molar-refractivity contribution in [2.45, 2.75) is 24.5 Å². The summed E-state index contributed by atoms with van der Waals surface area (Å²) in [6.07, 6.45) is 0.0234. The number of hydrogen-bond donors (Lipinski definition) is 6. The van der Waals surface area contributed by atoms with Gasteiger partial charge >= 0.3 is 0 Å². The molecule has 10 nitrogen and oxygen atoms in total. The lowest BCUT2D eigenvalue weighted by Crippen LogP contribution is -2.65. The molecule has 4 atom stereocenters. The Morgan fingerprint density at radius 1 is 1.13 bits per heavy atom. The van der Waals surface area contributed by atoms with Crippen molar-refractivity contribution in [3.8, 4) is 11.5 Å². The van der Waals surface area contributed by atoms with Crippen LogP contribution in [0, 0.1) is 11.8 Å². The standard InChI is InChI=1S/C21H22N2O8/c1-23(2)15-9-6-7-5-8-10(24)3-4-11(25)13(8)16(26)12(7)18(28)21(9,31)19(29)14(17(15)27)20(22)30/h3-4,7,9,15,24-26,29,31H,5-6H2,1-2H3,(H2,22,30)/t7-,9-,15-,21-/m0/s1. The minimum atomic E-state index is -2.67. The highest BCUT2D eigenvalue weighted by molar-refractivity contribution is 6.24. The quantitative estimate of drug-likeness (QED) is 0.270. The zero-order valence-electron chi connectivity index (χ0n) is 16.8. The number of fused-ring (bicyclic) bond motifs is 3. The van der Waals surface area contributed by atoms with E-state index in [0.717, 1.165) is 6.07 Å². The molecule has 164 valence electrons. The van der Waals surface area contributed by atoms with Crippen LogP contribution in [0.2, 0.25) is 0 Å². The van der Waals surface area contributed by atoms with Crippen LogP contribution >= 0.6 is 0 Å². The van der Waals surface area contributed by atoms with E-state index in [4.69, 9.17) is 5.73 Å². The van der Waals surface area contributed by atoms with E-state index in [9.17, 15) is 39.9 Å². The Hall–Kier alpha value is -3.37. The number of hydrogen-bond acceptors (Lipinski definition) is 9. The second-order valence-corrected chi connectivity index (χ2v) is 8.42. The van der Waals surface area contributed by atoms with Gasteiger partial charge in [-0.2, -0.15) is 0 Å². The minimum absolute atomic E-state index is 0.0269. The zero-order valence-corrected chi connectivity index (χ0v) is 16.8. The number of rotatable bonds is 2. The number of benzene rings is 1. The van der Waals surface area contributed by atoms with Gasteiger partial charge in [0.05, 0.1) is 11.6 Å². The third kappa shape index (κ3) is 2.55. The van der Waals surface area contributed by atoms with Gasteiger partial charge in [-0.25, -0.2) is 0 Å². The van der Waals surface area contributed by atoms with Crippen molar-refractivity contribution in [1.82, 2.24) is 4.90 Å². The van der Waals surface area contributed by atoms with Gasteiger partial charge in [0.25, 0.3) is 5.91 Å². The van der Waals surface area contributed by atoms with Gasteiger partial charge in [-0.15, -0.1) is 0 Å². The number of phenolic OH excluding ortho intramolecular Hbond substituents is 2. The summed E-state index contributed by atoms with van der Waals surface area (Å²) in [5, 5.41) is 53.3. The number of aliphatic hydroxyl groups excluding tert-OH is 2. The monoisotopic (exact) mass is 430 g/mol. The molecule has 0 heterocycles. The summed E-state index contributed by atoms with van der Waals surface area (Å²) in [5.74, 6) is -7.38. The maximum Gasteiger partial charge on any atom is 0.255 e. The van der Waals surface area contributed by atoms with Gasteiger partial charge in [0, 0.05) is 17.1 Å². The number of aliphatic hydroxyl groups is 3. The molecule has 0 aliphatic heterocycles. The molecule has 10 heteroatoms. The van der Waals surface area contributed by atoms with Gasteiger partial charge < -0.3 is 31.3 Å². The Kier molecular flexibility index (Phi) is 4.42. The Balaban J connectivity index is 1.99. The summed E-state index contributed by atoms with van der Waals surface area (Å²) in [6.45, 7) is 0. The van der Waals surface area contributed by atoms with Crippen LogP contribution in [0.4, 0.5) is 0 Å². The molecule has 0 bridgehead atoms. The fourth-order valence-corrected chi connectivity index (χ4v) is 5.23. The van der Waals surface area contributed by atoms with E-state index in [1.165, 1.54) is 25.1 Å². The van der Waals surface area contributed by atoms with E-state index in [0.29, 0.717) is 0 Å². The molecular formula is C21H22N2O8. The summed E-state index contributed by atoms with van der Waals surface area (Å²) in [7, 11) is 3.05. The summed E-state index contributed by atoms with van der Waals surface area (Å²) in [5.41, 5.74) is 1.55. The molecule has 1 aromatic carbocycles. The number of carbonyl (C=O) groups is 3. The first-order chi connectivity index (χ1) is 14.4. The summed E-state index contributed by atoms with van der Waals surface area (Å²) in [4.78, 5) is 39.7. The lowest BCUT2D eigenvalue weighted by atomic mass is 9.57. The van der Waals surface area contributed by atoms with Crippen molar-refractivity contribution in [2.24, 2.45) is 17.6 Å². The molecule has 0 radical (unpaired) electrons. The fraction of sp³-hybridized carbons (Fsp3) is 0.381. The van der Waals surface area contributed by atoms with Gasteiger partial charge in [0.2, 0.25) is 5.78 Å². The van der Waals surface area contributed by atoms with Gasteiger partial charge in [0.1, 0.15) is 28.6 Å². The van der Waals surface area contributed by atoms with E-state index in [-0.39, 0.29) is 41.0 Å². The van der Waals surface area contributed by atoms with Crippen LogP contribution in [0.15, 0.2) is 29.0 Å². The summed E-state index contributed by atoms with van der Waals surface area (Å²) >= 11 is 0. The highest BCUT2D eigenvalue weighted by Crippen LogP contribution is 2.53. The predicted molar refractivity (Wildman–Crippen MR) is 106 cm³/mol. The van der Waals surface area contributed by atoms with Crippen molar-refractivity contribution in [2.75, 3.05) is 14.1 Å². The van der Waals surface area contributed by atoms with Crippen LogP contribution in [-0.2, 0) is 20.8 Å². The summed E-state index contributed by atoms with van der Waals surface area (Å²) in [6, 6.07) is 1.27. The largest absolute Gasteiger partial charge is 0.508 e. The first-order valence-corrected chi connectivity index (χ1v) is 9.61. The Morgan fingerprint density at radius 2 is 1.74 bits per heavy atom. The molecular weight excluding hydrogens is 408 g/mol. The van der Waals surface area contributed by atoms with Gasteiger partial charge in [-0.05, 0) is 45.0 Å². The molecule has 1 saturated carbocycles. The average molecular weight is 430 g/mol. The topological polar surface area (TPSA) is 182 Å². The van der Waals surface area contributed by atoms with E-state index in [2.05, 4.69) is 0 Å². The zero-order chi connectivity index (χ0) is 23.0. The average Bonchev–Trinajstić information content (AvgIpc) is 2.67. The van der Waals surface area contributed by atoms with Crippen LogP contribution in [-0.4, -0.2) is 73.6 Å². The normalized spacial score (nSPS) is 30.3. The number of nitrogens with zero attached hydrogens (tertiary/aromatic N) is 1. The lowest BCUT2D eigenvalue weighted by Gasteiger charge is -2.50. The minimum Gasteiger partial charge on any atom is -0.508 e. The van der Waals surface area contributed by atoms with Crippen molar-refractivity contribution < 1.29 is 39.9 Å². The van der Waals surface area contributed by atoms with Crippen molar-refractivity contribution in [3.63, 3.8) is 0 Å². The molecule has 4 rings (SSSR count). The van der Waals surface area contributed by atoms with Crippen LogP contribution in [0.5, 0.6) is 11.5 Å². The highest BCUT2D eigenvalue weighted by Gasteiger charge is 2.64. The van der Waals surface area contributed by atoms with E-state index < -0.39 is 58.0 Å². The predicted octanol–water partition coefficient (Wildman–Crippen LogP) is -0.330. The van der Waals surface area contributed by atoms with Crippen molar-refractivity contribution >= 4 is 23.2 Å². The Labute approximate surface area is 176 Å². The Bertz CT molecular complexity index is 1120. The number of Topliss-reactive ketones (excluding diaryl/α,β-unsaturated/α-hetero) is 2. The number of likely N-dealkylation sites (N-methyl/N-ethyl adjacent to an activating group) is 1. The number of primary amides is 1. The number of phenols is 2. The third-order valence-corrected chi connectivity index (χ3v) is 6.58. The first kappa shape index (κ1) is 20.9. The Morgan fingerprint density at radius 3 is 2.32 bits per heavy atom. The summed E-state index contributed by atoms with van der Waals surface area (Å²) < 4.78 is 0. The molecule has 7 N–H and O–H groups in total. The number of amides is 1. The SMILES string of the molecule is CN(C)[C@@H]1C(=O)C(C(N)=O)=C(O)[C@@]2(O)C(=O)C3=C(O)c4c(O)ccc(O)c4C[C@H]3C[C@@H]12. The van der Waals surface area contributed by atoms with Gasteiger partial charge in [0.15, 0.2) is 11.4 Å². The van der Waals surface area contributed by atoms with Gasteiger partial charge in [-0.1, -0.05) is 0 Å². The number of aromatic hydroxyl groups is 2. The van der Waals surface area contributed by atoms with Crippen LogP contribution in [0.1, 0.15) is 17.5 Å². The second kappa shape index (κ2) is 6.56. The van der Waals surface area contributed by atoms with Crippen LogP contribution < -0.4 is 5.73 Å². The smallest absolute Gasteiger partial charge is 0.255 e. The molecule has 1 fully saturated rings. The fourth-order valence-electron chi connectivity index (χ4n) is 5.23.